The van der Waals surface area contributed by atoms with Crippen LogP contribution >= 0.6 is 0 Å². The third-order valence-electron chi connectivity index (χ3n) is 4.91. The molecule has 0 aliphatic carbocycles. The Morgan fingerprint density at radius 3 is 2.24 bits per heavy atom. The van der Waals surface area contributed by atoms with Crippen LogP contribution < -0.4 is 15.9 Å². The quantitative estimate of drug-likeness (QED) is 0.128. The van der Waals surface area contributed by atoms with Crippen molar-refractivity contribution in [1.29, 1.82) is 0 Å². The third-order valence-corrected chi connectivity index (χ3v) is 4.91. The van der Waals surface area contributed by atoms with Crippen molar-refractivity contribution < 1.29 is 9.53 Å². The Morgan fingerprint density at radius 1 is 0.941 bits per heavy atom. The number of carbonyl (C=O) groups is 1. The number of ether oxygens (including phenoxy) is 1. The van der Waals surface area contributed by atoms with Gasteiger partial charge in [0.05, 0.1) is 24.2 Å². The van der Waals surface area contributed by atoms with Gasteiger partial charge in [-0.2, -0.15) is 20.0 Å². The molecule has 0 saturated carbocycles. The summed E-state index contributed by atoms with van der Waals surface area (Å²) in [6.07, 6.45) is 0. The fourth-order valence-corrected chi connectivity index (χ4v) is 3.12. The van der Waals surface area contributed by atoms with Gasteiger partial charge in [0, 0.05) is 5.56 Å². The van der Waals surface area contributed by atoms with Crippen molar-refractivity contribution >= 4 is 34.5 Å². The molecule has 9 heteroatoms. The zero-order chi connectivity index (χ0) is 23.9. The summed E-state index contributed by atoms with van der Waals surface area (Å²) in [6.45, 7) is 1.74. The van der Waals surface area contributed by atoms with Gasteiger partial charge in [0.1, 0.15) is 5.75 Å². The van der Waals surface area contributed by atoms with E-state index in [0.29, 0.717) is 34.1 Å². The van der Waals surface area contributed by atoms with Crippen LogP contribution in [0.25, 0.3) is 0 Å². The normalized spacial score (nSPS) is 11.5. The van der Waals surface area contributed by atoms with Crippen LogP contribution in [-0.2, 0) is 0 Å². The molecule has 9 nitrogen and oxygen atoms in total. The second-order valence-corrected chi connectivity index (χ2v) is 7.24. The maximum atomic E-state index is 13.3. The fraction of sp³-hybridized carbons (Fsp3) is 0.0800. The van der Waals surface area contributed by atoms with E-state index in [1.807, 2.05) is 36.4 Å². The van der Waals surface area contributed by atoms with Gasteiger partial charge in [-0.3, -0.25) is 10.2 Å². The summed E-state index contributed by atoms with van der Waals surface area (Å²) >= 11 is 0. The molecule has 0 saturated heterocycles. The minimum atomic E-state index is -0.350. The molecule has 4 rings (SSSR count). The van der Waals surface area contributed by atoms with Crippen molar-refractivity contribution in [1.82, 2.24) is 9.78 Å². The lowest BCUT2D eigenvalue weighted by molar-refractivity contribution is 0.106. The molecule has 0 amide bonds. The number of benzene rings is 3. The minimum Gasteiger partial charge on any atom is -0.497 e. The van der Waals surface area contributed by atoms with E-state index in [2.05, 4.69) is 25.9 Å². The van der Waals surface area contributed by atoms with Gasteiger partial charge in [0.15, 0.2) is 11.5 Å². The van der Waals surface area contributed by atoms with Crippen LogP contribution in [0.4, 0.5) is 22.9 Å². The average Bonchev–Trinajstić information content (AvgIpc) is 3.17. The van der Waals surface area contributed by atoms with Crippen molar-refractivity contribution in [3.8, 4) is 5.75 Å². The number of aryl methyl sites for hydroxylation is 1. The number of para-hydroxylation sites is 1. The molecule has 0 aliphatic heterocycles. The van der Waals surface area contributed by atoms with Crippen molar-refractivity contribution in [3.63, 3.8) is 0 Å². The number of nitrogens with zero attached hydrogens (tertiary/aromatic N) is 5. The van der Waals surface area contributed by atoms with E-state index < -0.39 is 0 Å². The number of hydrogen-bond donors (Lipinski definition) is 2. The Bertz CT molecular complexity index is 1330. The maximum absolute atomic E-state index is 13.3. The van der Waals surface area contributed by atoms with Gasteiger partial charge in [0.2, 0.25) is 11.6 Å². The summed E-state index contributed by atoms with van der Waals surface area (Å²) in [4.78, 5) is 13.3. The van der Waals surface area contributed by atoms with E-state index in [1.165, 1.54) is 4.68 Å². The first-order valence-electron chi connectivity index (χ1n) is 10.5. The molecule has 0 fully saturated rings. The largest absolute Gasteiger partial charge is 0.497 e. The summed E-state index contributed by atoms with van der Waals surface area (Å²) in [5, 5.41) is 17.3. The zero-order valence-electron chi connectivity index (χ0n) is 18.7. The lowest BCUT2D eigenvalue weighted by Gasteiger charge is -2.09. The molecule has 0 radical (unpaired) electrons. The lowest BCUT2D eigenvalue weighted by Crippen LogP contribution is -2.27. The number of nitrogen functional groups attached to an aromatic ring is 1. The van der Waals surface area contributed by atoms with E-state index in [4.69, 9.17) is 10.5 Å². The zero-order valence-corrected chi connectivity index (χ0v) is 18.7. The molecule has 3 N–H and O–H groups in total. The molecule has 0 unspecified atom stereocenters. The van der Waals surface area contributed by atoms with Gasteiger partial charge in [0.25, 0.3) is 0 Å². The Labute approximate surface area is 196 Å². The standard InChI is InChI=1S/C25H23N7O2/c1-17-22(29-27-20-13-15-21(34-2)16-14-20)24(26)32(31-17)25(23(33)18-9-5-3-6-10-18)30-28-19-11-7-4-8-12-19/h3-16,28H,26H2,1-2H3/b29-27?,30-25+. The monoisotopic (exact) mass is 453 g/mol. The Hall–Kier alpha value is -4.79. The van der Waals surface area contributed by atoms with Crippen LogP contribution in [0.5, 0.6) is 5.75 Å². The first-order chi connectivity index (χ1) is 16.6. The van der Waals surface area contributed by atoms with Crippen molar-refractivity contribution in [3.05, 3.63) is 96.2 Å². The first-order valence-corrected chi connectivity index (χ1v) is 10.5. The van der Waals surface area contributed by atoms with Crippen LogP contribution in [0.15, 0.2) is 100 Å². The van der Waals surface area contributed by atoms with E-state index in [1.54, 1.807) is 62.6 Å². The number of hydrazone groups is 1. The van der Waals surface area contributed by atoms with Gasteiger partial charge in [-0.05, 0) is 43.3 Å². The van der Waals surface area contributed by atoms with Crippen molar-refractivity contribution in [2.45, 2.75) is 6.92 Å². The average molecular weight is 454 g/mol. The van der Waals surface area contributed by atoms with Crippen LogP contribution in [0.3, 0.4) is 0 Å². The molecular weight excluding hydrogens is 430 g/mol. The molecular formula is C25H23N7O2. The summed E-state index contributed by atoms with van der Waals surface area (Å²) in [7, 11) is 1.59. The highest BCUT2D eigenvalue weighted by Gasteiger charge is 2.23. The number of hydrogen-bond acceptors (Lipinski definition) is 8. The van der Waals surface area contributed by atoms with Gasteiger partial charge in [-0.25, -0.2) is 0 Å². The summed E-state index contributed by atoms with van der Waals surface area (Å²) in [6, 6.07) is 25.2. The molecule has 4 aromatic rings. The van der Waals surface area contributed by atoms with E-state index in [9.17, 15) is 4.79 Å². The number of rotatable bonds is 7. The number of azo groups is 1. The number of nitrogens with one attached hydrogen (secondary N) is 1. The molecule has 3 aromatic carbocycles. The molecule has 1 aromatic heterocycles. The Morgan fingerprint density at radius 2 is 1.59 bits per heavy atom. The van der Waals surface area contributed by atoms with Gasteiger partial charge < -0.3 is 10.5 Å². The maximum Gasteiger partial charge on any atom is 0.232 e. The van der Waals surface area contributed by atoms with Gasteiger partial charge in [-0.1, -0.05) is 48.5 Å². The molecule has 0 bridgehead atoms. The Kier molecular flexibility index (Phi) is 6.73. The molecule has 34 heavy (non-hydrogen) atoms. The lowest BCUT2D eigenvalue weighted by atomic mass is 10.1. The number of Topliss-reactive ketones (excluding diaryl/α,β-unsaturated/α-hetero) is 1. The van der Waals surface area contributed by atoms with E-state index in [0.717, 1.165) is 0 Å². The van der Waals surface area contributed by atoms with Crippen LogP contribution in [-0.4, -0.2) is 28.5 Å². The second-order valence-electron chi connectivity index (χ2n) is 7.24. The highest BCUT2D eigenvalue weighted by molar-refractivity contribution is 6.46. The number of methoxy groups -OCH3 is 1. The number of ketones is 1. The highest BCUT2D eigenvalue weighted by Crippen LogP contribution is 2.29. The number of aromatic nitrogens is 2. The topological polar surface area (TPSA) is 119 Å². The summed E-state index contributed by atoms with van der Waals surface area (Å²) in [5.41, 5.74) is 11.9. The van der Waals surface area contributed by atoms with Crippen molar-refractivity contribution in [2.24, 2.45) is 15.3 Å². The van der Waals surface area contributed by atoms with E-state index in [-0.39, 0.29) is 17.4 Å². The summed E-state index contributed by atoms with van der Waals surface area (Å²) < 4.78 is 6.44. The SMILES string of the molecule is COc1ccc(N=Nc2c(C)nn(/C(=N/Nc3ccccc3)C(=O)c3ccccc3)c2N)cc1. The van der Waals surface area contributed by atoms with Crippen LogP contribution in [0, 0.1) is 6.92 Å². The minimum absolute atomic E-state index is 0.00144. The Balaban J connectivity index is 1.71. The molecule has 0 aliphatic rings. The summed E-state index contributed by atoms with van der Waals surface area (Å²) in [5.74, 6) is 0.514. The van der Waals surface area contributed by atoms with Crippen LogP contribution in [0.2, 0.25) is 0 Å². The number of anilines is 2. The molecule has 1 heterocycles. The van der Waals surface area contributed by atoms with E-state index >= 15 is 0 Å². The third kappa shape index (κ3) is 4.99. The fourth-order valence-electron chi connectivity index (χ4n) is 3.12. The number of nitrogens with two attached hydrogens (primary N) is 1. The second kappa shape index (κ2) is 10.2. The van der Waals surface area contributed by atoms with Crippen LogP contribution in [0.1, 0.15) is 16.1 Å². The van der Waals surface area contributed by atoms with Gasteiger partial charge in [-0.15, -0.1) is 5.11 Å². The van der Waals surface area contributed by atoms with Gasteiger partial charge >= 0.3 is 0 Å². The molecule has 0 spiro atoms. The molecule has 0 atom stereocenters. The van der Waals surface area contributed by atoms with Crippen molar-refractivity contribution in [2.75, 3.05) is 18.3 Å². The predicted octanol–water partition coefficient (Wildman–Crippen LogP) is 5.35. The predicted molar refractivity (Wildman–Crippen MR) is 132 cm³/mol. The smallest absolute Gasteiger partial charge is 0.232 e. The number of carbonyl (C=O) groups excluding carboxylic acids is 1. The molecule has 170 valence electrons. The highest BCUT2D eigenvalue weighted by atomic mass is 16.5. The first kappa shape index (κ1) is 22.4.